The van der Waals surface area contributed by atoms with Crippen molar-refractivity contribution in [2.24, 2.45) is 0 Å². The quantitative estimate of drug-likeness (QED) is 0.748. The molecule has 2 N–H and O–H groups in total. The van der Waals surface area contributed by atoms with E-state index in [1.165, 1.54) is 0 Å². The first-order valence-electron chi connectivity index (χ1n) is 7.24. The highest BCUT2D eigenvalue weighted by Crippen LogP contribution is 2.23. The molecule has 0 radical (unpaired) electrons. The summed E-state index contributed by atoms with van der Waals surface area (Å²) in [5.41, 5.74) is 1.19. The Morgan fingerprint density at radius 2 is 2.00 bits per heavy atom. The number of hydrogen-bond acceptors (Lipinski definition) is 4. The van der Waals surface area contributed by atoms with E-state index < -0.39 is 6.10 Å². The lowest BCUT2D eigenvalue weighted by atomic mass is 10.1. The maximum absolute atomic E-state index is 9.70. The second kappa shape index (κ2) is 8.73. The molecule has 0 aliphatic rings. The number of rotatable bonds is 8. The smallest absolute Gasteiger partial charge is 0.119 e. The van der Waals surface area contributed by atoms with E-state index in [1.54, 1.807) is 0 Å². The normalized spacial score (nSPS) is 13.2. The maximum atomic E-state index is 9.70. The Labute approximate surface area is 136 Å². The number of benzene rings is 1. The minimum Gasteiger partial charge on any atom is -0.491 e. The van der Waals surface area contributed by atoms with Gasteiger partial charge in [0.2, 0.25) is 0 Å². The van der Waals surface area contributed by atoms with Gasteiger partial charge in [0.1, 0.15) is 18.5 Å². The highest BCUT2D eigenvalue weighted by molar-refractivity contribution is 9.10. The summed E-state index contributed by atoms with van der Waals surface area (Å²) in [6, 6.07) is 5.83. The summed E-state index contributed by atoms with van der Waals surface area (Å²) in [4.78, 5) is 0. The van der Waals surface area contributed by atoms with Crippen molar-refractivity contribution < 1.29 is 14.6 Å². The van der Waals surface area contributed by atoms with Gasteiger partial charge < -0.3 is 19.9 Å². The van der Waals surface area contributed by atoms with Crippen LogP contribution in [0.1, 0.15) is 33.3 Å². The molecule has 120 valence electrons. The van der Waals surface area contributed by atoms with Crippen LogP contribution >= 0.6 is 15.9 Å². The van der Waals surface area contributed by atoms with Crippen LogP contribution in [0.3, 0.4) is 0 Å². The third-order valence-electron chi connectivity index (χ3n) is 2.78. The van der Waals surface area contributed by atoms with E-state index in [4.69, 9.17) is 9.47 Å². The van der Waals surface area contributed by atoms with Crippen LogP contribution in [-0.2, 0) is 11.3 Å². The monoisotopic (exact) mass is 359 g/mol. The summed E-state index contributed by atoms with van der Waals surface area (Å²) in [5.74, 6) is 0.749. The number of aliphatic hydroxyl groups is 1. The Balaban J connectivity index is 2.56. The van der Waals surface area contributed by atoms with Crippen molar-refractivity contribution in [1.82, 2.24) is 5.32 Å². The standard InChI is InChI=1S/C16H26BrNO3/c1-5-20-10-13(19)11-21-14-6-7-15(17)12(8-14)9-18-16(2,3)4/h6-8,13,18-19H,5,9-11H2,1-4H3. The summed E-state index contributed by atoms with van der Waals surface area (Å²) in [6.07, 6.45) is -0.607. The van der Waals surface area contributed by atoms with Gasteiger partial charge in [-0.3, -0.25) is 0 Å². The highest BCUT2D eigenvalue weighted by atomic mass is 79.9. The van der Waals surface area contributed by atoms with Crippen molar-refractivity contribution in [2.45, 2.75) is 45.9 Å². The van der Waals surface area contributed by atoms with Gasteiger partial charge in [0.05, 0.1) is 6.61 Å². The molecule has 0 amide bonds. The van der Waals surface area contributed by atoms with E-state index in [1.807, 2.05) is 25.1 Å². The second-order valence-electron chi connectivity index (χ2n) is 5.98. The fraction of sp³-hybridized carbons (Fsp3) is 0.625. The van der Waals surface area contributed by atoms with Crippen molar-refractivity contribution in [3.63, 3.8) is 0 Å². The Kier molecular flexibility index (Phi) is 7.66. The molecule has 5 heteroatoms. The Morgan fingerprint density at radius 3 is 2.62 bits per heavy atom. The minimum absolute atomic E-state index is 0.0595. The fourth-order valence-electron chi connectivity index (χ4n) is 1.63. The predicted octanol–water partition coefficient (Wildman–Crippen LogP) is 3.11. The van der Waals surface area contributed by atoms with Crippen molar-refractivity contribution >= 4 is 15.9 Å². The Bertz CT molecular complexity index is 432. The molecule has 1 atom stereocenters. The van der Waals surface area contributed by atoms with Crippen LogP contribution in [0.4, 0.5) is 0 Å². The van der Waals surface area contributed by atoms with Crippen LogP contribution < -0.4 is 10.1 Å². The number of hydrogen-bond donors (Lipinski definition) is 2. The van der Waals surface area contributed by atoms with Gasteiger partial charge in [-0.15, -0.1) is 0 Å². The molecular weight excluding hydrogens is 334 g/mol. The molecule has 1 rings (SSSR count). The van der Waals surface area contributed by atoms with E-state index in [2.05, 4.69) is 42.0 Å². The molecule has 1 unspecified atom stereocenters. The molecule has 0 spiro atoms. The zero-order valence-electron chi connectivity index (χ0n) is 13.3. The molecule has 0 fully saturated rings. The predicted molar refractivity (Wildman–Crippen MR) is 88.7 cm³/mol. The summed E-state index contributed by atoms with van der Waals surface area (Å²) >= 11 is 3.55. The first-order valence-corrected chi connectivity index (χ1v) is 8.03. The van der Waals surface area contributed by atoms with Gasteiger partial charge in [0.15, 0.2) is 0 Å². The zero-order chi connectivity index (χ0) is 15.9. The van der Waals surface area contributed by atoms with Crippen LogP contribution in [0.2, 0.25) is 0 Å². The summed E-state index contributed by atoms with van der Waals surface area (Å²) < 4.78 is 11.8. The summed E-state index contributed by atoms with van der Waals surface area (Å²) in [6.45, 7) is 10.2. The van der Waals surface area contributed by atoms with E-state index in [-0.39, 0.29) is 12.1 Å². The van der Waals surface area contributed by atoms with Crippen molar-refractivity contribution in [2.75, 3.05) is 19.8 Å². The molecule has 0 bridgehead atoms. The van der Waals surface area contributed by atoms with Gasteiger partial charge in [-0.2, -0.15) is 0 Å². The minimum atomic E-state index is -0.607. The Hall–Kier alpha value is -0.620. The first-order chi connectivity index (χ1) is 9.81. The third-order valence-corrected chi connectivity index (χ3v) is 3.56. The Morgan fingerprint density at radius 1 is 1.29 bits per heavy atom. The number of nitrogens with one attached hydrogen (secondary N) is 1. The molecule has 1 aromatic carbocycles. The van der Waals surface area contributed by atoms with Crippen LogP contribution in [0.5, 0.6) is 5.75 Å². The molecule has 21 heavy (non-hydrogen) atoms. The average Bonchev–Trinajstić information content (AvgIpc) is 2.41. The van der Waals surface area contributed by atoms with E-state index >= 15 is 0 Å². The number of ether oxygens (including phenoxy) is 2. The zero-order valence-corrected chi connectivity index (χ0v) is 14.9. The molecule has 0 aromatic heterocycles. The van der Waals surface area contributed by atoms with Gasteiger partial charge in [-0.25, -0.2) is 0 Å². The molecular formula is C16H26BrNO3. The molecule has 0 heterocycles. The van der Waals surface area contributed by atoms with Gasteiger partial charge in [-0.1, -0.05) is 15.9 Å². The number of aliphatic hydroxyl groups excluding tert-OH is 1. The van der Waals surface area contributed by atoms with Gasteiger partial charge in [0, 0.05) is 23.2 Å². The lowest BCUT2D eigenvalue weighted by Crippen LogP contribution is -2.35. The highest BCUT2D eigenvalue weighted by Gasteiger charge is 2.11. The van der Waals surface area contributed by atoms with E-state index in [0.717, 1.165) is 22.3 Å². The lowest BCUT2D eigenvalue weighted by Gasteiger charge is -2.21. The van der Waals surface area contributed by atoms with Crippen molar-refractivity contribution in [3.8, 4) is 5.75 Å². The molecule has 1 aromatic rings. The summed E-state index contributed by atoms with van der Waals surface area (Å²) in [7, 11) is 0. The lowest BCUT2D eigenvalue weighted by molar-refractivity contribution is 0.0164. The molecule has 0 saturated heterocycles. The van der Waals surface area contributed by atoms with Gasteiger partial charge >= 0.3 is 0 Å². The topological polar surface area (TPSA) is 50.7 Å². The summed E-state index contributed by atoms with van der Waals surface area (Å²) in [5, 5.41) is 13.1. The third kappa shape index (κ3) is 7.81. The number of halogens is 1. The van der Waals surface area contributed by atoms with E-state index in [0.29, 0.717) is 13.2 Å². The molecule has 0 aliphatic carbocycles. The molecule has 4 nitrogen and oxygen atoms in total. The van der Waals surface area contributed by atoms with Crippen molar-refractivity contribution in [1.29, 1.82) is 0 Å². The van der Waals surface area contributed by atoms with Crippen LogP contribution in [0.25, 0.3) is 0 Å². The first kappa shape index (κ1) is 18.4. The van der Waals surface area contributed by atoms with Crippen LogP contribution in [0.15, 0.2) is 22.7 Å². The maximum Gasteiger partial charge on any atom is 0.119 e. The molecule has 0 aliphatic heterocycles. The largest absolute Gasteiger partial charge is 0.491 e. The van der Waals surface area contributed by atoms with Gasteiger partial charge in [-0.05, 0) is 51.5 Å². The van der Waals surface area contributed by atoms with E-state index in [9.17, 15) is 5.11 Å². The van der Waals surface area contributed by atoms with Crippen molar-refractivity contribution in [3.05, 3.63) is 28.2 Å². The second-order valence-corrected chi connectivity index (χ2v) is 6.84. The van der Waals surface area contributed by atoms with Gasteiger partial charge in [0.25, 0.3) is 0 Å². The SMILES string of the molecule is CCOCC(O)COc1ccc(Br)c(CNC(C)(C)C)c1. The van der Waals surface area contributed by atoms with Crippen LogP contribution in [0, 0.1) is 0 Å². The fourth-order valence-corrected chi connectivity index (χ4v) is 2.02. The average molecular weight is 360 g/mol. The molecule has 0 saturated carbocycles. The van der Waals surface area contributed by atoms with Crippen LogP contribution in [-0.4, -0.2) is 36.6 Å².